The highest BCUT2D eigenvalue weighted by Crippen LogP contribution is 2.71. The molecule has 8 aliphatic heterocycles. The van der Waals surface area contributed by atoms with E-state index >= 15 is 0 Å². The minimum absolute atomic E-state index is 0.312. The van der Waals surface area contributed by atoms with E-state index in [1.54, 1.807) is 0 Å². The predicted octanol–water partition coefficient (Wildman–Crippen LogP) is 8.11. The molecule has 254 valence electrons. The predicted molar refractivity (Wildman–Crippen MR) is 193 cm³/mol. The second-order valence-electron chi connectivity index (χ2n) is 16.4. The van der Waals surface area contributed by atoms with Gasteiger partial charge in [-0.1, -0.05) is 60.7 Å². The molecule has 0 saturated carbocycles. The summed E-state index contributed by atoms with van der Waals surface area (Å²) in [5.74, 6) is -1.42. The fourth-order valence-electron chi connectivity index (χ4n) is 11.9. The smallest absolute Gasteiger partial charge is 0.172 e. The lowest BCUT2D eigenvalue weighted by molar-refractivity contribution is -0.501. The Morgan fingerprint density at radius 3 is 1.23 bits per heavy atom. The summed E-state index contributed by atoms with van der Waals surface area (Å²) in [5.41, 5.74) is 3.86. The number of benzene rings is 3. The third-order valence-corrected chi connectivity index (χ3v) is 14.6. The molecule has 12 atom stereocenters. The second kappa shape index (κ2) is 9.99. The van der Waals surface area contributed by atoms with E-state index in [1.807, 2.05) is 0 Å². The van der Waals surface area contributed by atoms with E-state index in [2.05, 4.69) is 133 Å². The number of hydrogen-bond acceptors (Lipinski definition) is 6. The zero-order valence-electron chi connectivity index (χ0n) is 28.9. The molecule has 8 heterocycles. The van der Waals surface area contributed by atoms with Crippen LogP contribution < -0.4 is 0 Å². The molecule has 8 heteroatoms. The molecule has 0 spiro atoms. The molecule has 8 saturated heterocycles. The monoisotopic (exact) mass is 686 g/mol. The fourth-order valence-corrected chi connectivity index (χ4v) is 14.1. The Bertz CT molecular complexity index is 1630. The SMILES string of the molecule is CC12CC3(C)OC(CC(C)(O1)C3(CP)c1cc(-c3ccccc3)c(-c3ccccc3)cc1C1(CP)C3(C)CC4(C)OC(CC1(C)O4)O3)O2. The normalized spacial score (nSPS) is 46.8. The summed E-state index contributed by atoms with van der Waals surface area (Å²) in [6.07, 6.45) is 3.43. The lowest BCUT2D eigenvalue weighted by Gasteiger charge is -2.74. The van der Waals surface area contributed by atoms with Gasteiger partial charge < -0.3 is 28.4 Å². The molecule has 8 aliphatic rings. The highest BCUT2D eigenvalue weighted by atomic mass is 31.0. The van der Waals surface area contributed by atoms with Gasteiger partial charge in [0, 0.05) is 25.7 Å². The summed E-state index contributed by atoms with van der Waals surface area (Å²) in [4.78, 5) is 0. The van der Waals surface area contributed by atoms with Crippen LogP contribution in [-0.4, -0.2) is 58.9 Å². The van der Waals surface area contributed by atoms with Gasteiger partial charge in [-0.15, -0.1) is 18.5 Å². The van der Waals surface area contributed by atoms with Crippen LogP contribution in [0.2, 0.25) is 0 Å². The van der Waals surface area contributed by atoms with E-state index < -0.39 is 44.8 Å². The Labute approximate surface area is 289 Å². The van der Waals surface area contributed by atoms with Crippen molar-refractivity contribution in [1.29, 1.82) is 0 Å². The van der Waals surface area contributed by atoms with Crippen molar-refractivity contribution in [3.63, 3.8) is 0 Å². The van der Waals surface area contributed by atoms with Gasteiger partial charge in [-0.3, -0.25) is 0 Å². The van der Waals surface area contributed by atoms with E-state index in [0.717, 1.165) is 12.3 Å². The van der Waals surface area contributed by atoms with Crippen LogP contribution in [0, 0.1) is 0 Å². The van der Waals surface area contributed by atoms with Gasteiger partial charge >= 0.3 is 0 Å². The second-order valence-corrected chi connectivity index (χ2v) is 17.2. The molecule has 3 aromatic carbocycles. The molecular weight excluding hydrogens is 638 g/mol. The van der Waals surface area contributed by atoms with Gasteiger partial charge in [-0.25, -0.2) is 0 Å². The van der Waals surface area contributed by atoms with Crippen molar-refractivity contribution in [3.8, 4) is 22.3 Å². The quantitative estimate of drug-likeness (QED) is 0.245. The highest BCUT2D eigenvalue weighted by molar-refractivity contribution is 7.16. The minimum atomic E-state index is -0.711. The molecule has 12 unspecified atom stereocenters. The fraction of sp³-hybridized carbons (Fsp3) is 0.550. The summed E-state index contributed by atoms with van der Waals surface area (Å²) in [5, 5.41) is 0. The largest absolute Gasteiger partial charge is 0.345 e. The molecule has 0 aliphatic carbocycles. The van der Waals surface area contributed by atoms with Crippen molar-refractivity contribution in [1.82, 2.24) is 0 Å². The van der Waals surface area contributed by atoms with E-state index in [0.29, 0.717) is 25.7 Å². The van der Waals surface area contributed by atoms with Crippen molar-refractivity contribution in [2.75, 3.05) is 12.3 Å². The van der Waals surface area contributed by atoms with Crippen molar-refractivity contribution in [2.24, 2.45) is 0 Å². The van der Waals surface area contributed by atoms with Crippen LogP contribution in [0.15, 0.2) is 72.8 Å². The van der Waals surface area contributed by atoms with Gasteiger partial charge in [0.25, 0.3) is 0 Å². The van der Waals surface area contributed by atoms with Gasteiger partial charge in [0.15, 0.2) is 24.2 Å². The first-order valence-corrected chi connectivity index (χ1v) is 19.1. The first-order chi connectivity index (χ1) is 22.7. The molecule has 6 nitrogen and oxygen atoms in total. The van der Waals surface area contributed by atoms with E-state index in [1.165, 1.54) is 33.4 Å². The van der Waals surface area contributed by atoms with Crippen LogP contribution in [0.5, 0.6) is 0 Å². The van der Waals surface area contributed by atoms with Crippen LogP contribution in [0.1, 0.15) is 78.4 Å². The Hall–Kier alpha value is -1.72. The number of hydrogen-bond donors (Lipinski definition) is 0. The summed E-state index contributed by atoms with van der Waals surface area (Å²) < 4.78 is 41.2. The van der Waals surface area contributed by atoms with Gasteiger partial charge in [0.05, 0.1) is 33.2 Å². The van der Waals surface area contributed by atoms with Gasteiger partial charge in [-0.05, 0) is 99.4 Å². The maximum atomic E-state index is 7.18. The van der Waals surface area contributed by atoms with Crippen LogP contribution in [-0.2, 0) is 39.3 Å². The first kappa shape index (κ1) is 32.2. The Morgan fingerprint density at radius 2 is 0.917 bits per heavy atom. The average Bonchev–Trinajstić information content (AvgIpc) is 2.99. The Kier molecular flexibility index (Phi) is 6.70. The molecule has 0 N–H and O–H groups in total. The Balaban J connectivity index is 1.42. The van der Waals surface area contributed by atoms with Crippen LogP contribution in [0.4, 0.5) is 0 Å². The van der Waals surface area contributed by atoms with Crippen LogP contribution in [0.25, 0.3) is 22.3 Å². The van der Waals surface area contributed by atoms with Crippen molar-refractivity contribution in [3.05, 3.63) is 83.9 Å². The van der Waals surface area contributed by atoms with Crippen LogP contribution in [0.3, 0.4) is 0 Å². The van der Waals surface area contributed by atoms with Gasteiger partial charge in [-0.2, -0.15) is 0 Å². The van der Waals surface area contributed by atoms with Crippen molar-refractivity contribution in [2.45, 2.75) is 125 Å². The van der Waals surface area contributed by atoms with E-state index in [4.69, 9.17) is 28.4 Å². The third-order valence-electron chi connectivity index (χ3n) is 13.3. The van der Waals surface area contributed by atoms with Crippen LogP contribution >= 0.6 is 18.5 Å². The lowest BCUT2D eigenvalue weighted by atomic mass is 9.47. The number of rotatable bonds is 6. The zero-order valence-corrected chi connectivity index (χ0v) is 31.2. The molecule has 0 radical (unpaired) electrons. The van der Waals surface area contributed by atoms with Crippen molar-refractivity contribution >= 4 is 18.5 Å². The highest BCUT2D eigenvalue weighted by Gasteiger charge is 2.79. The molecule has 0 amide bonds. The van der Waals surface area contributed by atoms with Gasteiger partial charge in [0.1, 0.15) is 0 Å². The van der Waals surface area contributed by atoms with Gasteiger partial charge in [0.2, 0.25) is 0 Å². The molecule has 8 fully saturated rings. The Morgan fingerprint density at radius 1 is 0.542 bits per heavy atom. The maximum absolute atomic E-state index is 7.18. The molecule has 3 aromatic rings. The van der Waals surface area contributed by atoms with Crippen molar-refractivity contribution < 1.29 is 28.4 Å². The summed E-state index contributed by atoms with van der Waals surface area (Å²) in [6.45, 7) is 13.4. The number of ether oxygens (including phenoxy) is 6. The van der Waals surface area contributed by atoms with E-state index in [-0.39, 0.29) is 12.6 Å². The minimum Gasteiger partial charge on any atom is -0.345 e. The topological polar surface area (TPSA) is 55.4 Å². The third kappa shape index (κ3) is 3.88. The molecular formula is C40H48O6P2. The molecule has 0 aromatic heterocycles. The first-order valence-electron chi connectivity index (χ1n) is 17.5. The molecule has 11 rings (SSSR count). The summed E-state index contributed by atoms with van der Waals surface area (Å²) >= 11 is 0. The average molecular weight is 687 g/mol. The van der Waals surface area contributed by atoms with E-state index in [9.17, 15) is 0 Å². The lowest BCUT2D eigenvalue weighted by Crippen LogP contribution is -2.83. The standard InChI is InChI=1S/C40H48O6P2/c1-33-19-31-41-35(3,21-37(5,43-31)45-33)39(33,23-47)29-17-27(25-13-9-7-10-14-25)28(26-15-11-8-12-16-26)18-30(29)40(24-48)34(2)20-32-42-36(40,4)22-38(6,44-32)46-34/h7-18,31-32H,19-24,47-48H2,1-6H3. The maximum Gasteiger partial charge on any atom is 0.172 e. The zero-order chi connectivity index (χ0) is 33.6. The summed E-state index contributed by atoms with van der Waals surface area (Å²) in [6, 6.07) is 26.6. The molecule has 48 heavy (non-hydrogen) atoms. The molecule has 8 bridgehead atoms. The summed E-state index contributed by atoms with van der Waals surface area (Å²) in [7, 11) is 6.27.